The molecular formula is C18H20ClN5O4S. The number of hydrogen-bond donors (Lipinski definition) is 1. The molecule has 3 heterocycles. The summed E-state index contributed by atoms with van der Waals surface area (Å²) in [6.07, 6.45) is 1.37. The average molecular weight is 438 g/mol. The molecule has 0 spiro atoms. The van der Waals surface area contributed by atoms with Crippen LogP contribution in [0, 0.1) is 13.8 Å². The second-order valence-electron chi connectivity index (χ2n) is 7.06. The minimum absolute atomic E-state index is 0.108. The van der Waals surface area contributed by atoms with Crippen LogP contribution in [0.5, 0.6) is 0 Å². The minimum atomic E-state index is -3.75. The Morgan fingerprint density at radius 1 is 1.38 bits per heavy atom. The number of H-pyrrole nitrogens is 1. The van der Waals surface area contributed by atoms with Crippen molar-refractivity contribution in [3.63, 3.8) is 0 Å². The third-order valence-electron chi connectivity index (χ3n) is 5.02. The molecule has 0 bridgehead atoms. The Balaban J connectivity index is 1.62. The highest BCUT2D eigenvalue weighted by Crippen LogP contribution is 2.33. The topological polar surface area (TPSA) is 120 Å². The maximum absolute atomic E-state index is 13.1. The van der Waals surface area contributed by atoms with Crippen LogP contribution in [0.2, 0.25) is 5.02 Å². The van der Waals surface area contributed by atoms with Gasteiger partial charge in [0.05, 0.1) is 12.2 Å². The van der Waals surface area contributed by atoms with Gasteiger partial charge in [0.2, 0.25) is 4.90 Å². The molecule has 1 aliphatic rings. The van der Waals surface area contributed by atoms with E-state index >= 15 is 0 Å². The van der Waals surface area contributed by atoms with Gasteiger partial charge in [-0.2, -0.15) is 4.68 Å². The zero-order valence-electron chi connectivity index (χ0n) is 15.9. The number of hydrogen-bond acceptors (Lipinski definition) is 6. The summed E-state index contributed by atoms with van der Waals surface area (Å²) in [5.41, 5.74) is 0.484. The molecular weight excluding hydrogens is 418 g/mol. The molecule has 1 fully saturated rings. The fourth-order valence-corrected chi connectivity index (χ4v) is 5.66. The van der Waals surface area contributed by atoms with E-state index in [0.717, 1.165) is 6.42 Å². The van der Waals surface area contributed by atoms with E-state index in [9.17, 15) is 13.6 Å². The lowest BCUT2D eigenvalue weighted by atomic mass is 9.99. The second kappa shape index (κ2) is 7.52. The summed E-state index contributed by atoms with van der Waals surface area (Å²) < 4.78 is 33.9. The quantitative estimate of drug-likeness (QED) is 0.626. The van der Waals surface area contributed by atoms with E-state index in [1.165, 1.54) is 8.99 Å². The monoisotopic (exact) mass is 437 g/mol. The first-order valence-electron chi connectivity index (χ1n) is 9.15. The Bertz CT molecular complexity index is 1130. The van der Waals surface area contributed by atoms with Crippen LogP contribution in [0.4, 0.5) is 0 Å². The highest BCUT2D eigenvalue weighted by Gasteiger charge is 2.40. The molecule has 4 rings (SSSR count). The fourth-order valence-electron chi connectivity index (χ4n) is 3.66. The Kier molecular flexibility index (Phi) is 5.19. The van der Waals surface area contributed by atoms with Gasteiger partial charge < -0.3 is 9.08 Å². The molecule has 9 nitrogen and oxygen atoms in total. The van der Waals surface area contributed by atoms with Crippen LogP contribution in [0.3, 0.4) is 0 Å². The number of piperidine rings is 1. The molecule has 1 aliphatic heterocycles. The van der Waals surface area contributed by atoms with Crippen molar-refractivity contribution >= 4 is 22.0 Å². The Morgan fingerprint density at radius 3 is 2.86 bits per heavy atom. The predicted octanol–water partition coefficient (Wildman–Crippen LogP) is 2.60. The summed E-state index contributed by atoms with van der Waals surface area (Å²) >= 11 is 6.01. The molecule has 2 unspecified atom stereocenters. The van der Waals surface area contributed by atoms with Crippen LogP contribution in [0.1, 0.15) is 36.0 Å². The second-order valence-corrected chi connectivity index (χ2v) is 9.37. The highest BCUT2D eigenvalue weighted by molar-refractivity contribution is 7.95. The van der Waals surface area contributed by atoms with Crippen molar-refractivity contribution in [2.75, 3.05) is 13.1 Å². The third-order valence-corrected chi connectivity index (χ3v) is 7.37. The number of aromatic amines is 1. The molecule has 3 aromatic rings. The zero-order valence-corrected chi connectivity index (χ0v) is 17.5. The van der Waals surface area contributed by atoms with E-state index in [1.54, 1.807) is 38.1 Å². The van der Waals surface area contributed by atoms with Crippen molar-refractivity contribution in [3.05, 3.63) is 57.1 Å². The molecule has 29 heavy (non-hydrogen) atoms. The number of aryl methyl sites for hydroxylation is 2. The molecule has 2 aromatic heterocycles. The molecule has 0 saturated carbocycles. The molecule has 0 radical (unpaired) electrons. The summed E-state index contributed by atoms with van der Waals surface area (Å²) in [5.74, 6) is 0.490. The van der Waals surface area contributed by atoms with Crippen LogP contribution in [-0.4, -0.2) is 41.9 Å². The van der Waals surface area contributed by atoms with E-state index in [1.807, 2.05) is 0 Å². The maximum atomic E-state index is 13.1. The van der Waals surface area contributed by atoms with Gasteiger partial charge in [0.25, 0.3) is 0 Å². The molecule has 0 amide bonds. The summed E-state index contributed by atoms with van der Waals surface area (Å²) in [6, 6.07) is 6.81. The first-order valence-corrected chi connectivity index (χ1v) is 11.0. The molecule has 11 heteroatoms. The third kappa shape index (κ3) is 3.68. The Labute approximate surface area is 173 Å². The number of nitrogens with zero attached hydrogens (tertiary/aromatic N) is 4. The lowest BCUT2D eigenvalue weighted by Gasteiger charge is -2.33. The van der Waals surface area contributed by atoms with Gasteiger partial charge in [0.1, 0.15) is 11.5 Å². The SMILES string of the molecule is Cc1noc(C)c1[S+](=O)([O-])N1CCCC(c2nn(-c3cccc(Cl)c3)c(=O)[nH]2)C1. The smallest absolute Gasteiger partial charge is 0.348 e. The van der Waals surface area contributed by atoms with E-state index in [2.05, 4.69) is 15.2 Å². The molecule has 0 aliphatic carbocycles. The molecule has 1 aromatic carbocycles. The van der Waals surface area contributed by atoms with Gasteiger partial charge in [0.15, 0.2) is 16.2 Å². The number of aromatic nitrogens is 4. The molecule has 2 atom stereocenters. The van der Waals surface area contributed by atoms with Gasteiger partial charge in [-0.05, 0) is 38.0 Å². The van der Waals surface area contributed by atoms with Gasteiger partial charge >= 0.3 is 5.69 Å². The van der Waals surface area contributed by atoms with Crippen LogP contribution in [0.25, 0.3) is 5.69 Å². The average Bonchev–Trinajstić information content (AvgIpc) is 3.24. The minimum Gasteiger partial charge on any atom is -0.593 e. The normalized spacial score (nSPS) is 19.9. The first-order chi connectivity index (χ1) is 13.8. The Hall–Kier alpha value is -2.27. The molecule has 1 N–H and O–H groups in total. The van der Waals surface area contributed by atoms with Gasteiger partial charge in [-0.1, -0.05) is 27.0 Å². The van der Waals surface area contributed by atoms with E-state index < -0.39 is 16.1 Å². The van der Waals surface area contributed by atoms with Crippen molar-refractivity contribution < 1.29 is 13.3 Å². The summed E-state index contributed by atoms with van der Waals surface area (Å²) in [4.78, 5) is 15.3. The van der Waals surface area contributed by atoms with Crippen molar-refractivity contribution in [2.24, 2.45) is 0 Å². The lowest BCUT2D eigenvalue weighted by Crippen LogP contribution is -2.43. The van der Waals surface area contributed by atoms with Gasteiger partial charge in [-0.3, -0.25) is 4.98 Å². The molecule has 1 saturated heterocycles. The molecule has 154 valence electrons. The number of halogens is 1. The fraction of sp³-hybridized carbons (Fsp3) is 0.389. The van der Waals surface area contributed by atoms with Crippen LogP contribution in [-0.2, 0) is 14.6 Å². The summed E-state index contributed by atoms with van der Waals surface area (Å²) in [7, 11) is -3.75. The highest BCUT2D eigenvalue weighted by atomic mass is 35.5. The van der Waals surface area contributed by atoms with E-state index in [0.29, 0.717) is 35.2 Å². The van der Waals surface area contributed by atoms with Crippen molar-refractivity contribution in [1.29, 1.82) is 0 Å². The predicted molar refractivity (Wildman–Crippen MR) is 106 cm³/mol. The zero-order chi connectivity index (χ0) is 20.8. The largest absolute Gasteiger partial charge is 0.593 e. The van der Waals surface area contributed by atoms with Crippen LogP contribution >= 0.6 is 11.6 Å². The van der Waals surface area contributed by atoms with Crippen LogP contribution in [0.15, 0.2) is 38.5 Å². The number of sulfonamides is 1. The standard InChI is InChI=1S/C18H20ClN5O4S/c1-11-16(12(2)28-22-11)29(26,27)23-8-4-5-13(10-23)17-20-18(25)24(21-17)15-7-3-6-14(19)9-15/h3,6-7,9,13H,4-5,8,10H2,1-2H3,(H-,20,21,25,26,27). The van der Waals surface area contributed by atoms with E-state index in [4.69, 9.17) is 16.1 Å². The maximum Gasteiger partial charge on any atom is 0.348 e. The summed E-state index contributed by atoms with van der Waals surface area (Å²) in [6.45, 7) is 3.80. The van der Waals surface area contributed by atoms with Crippen LogP contribution < -0.4 is 5.69 Å². The van der Waals surface area contributed by atoms with Crippen molar-refractivity contribution in [2.45, 2.75) is 37.5 Å². The lowest BCUT2D eigenvalue weighted by molar-refractivity contribution is 0.282. The number of nitrogens with one attached hydrogen (secondary N) is 1. The van der Waals surface area contributed by atoms with Gasteiger partial charge in [-0.15, -0.1) is 9.40 Å². The Morgan fingerprint density at radius 2 is 2.17 bits per heavy atom. The van der Waals surface area contributed by atoms with E-state index in [-0.39, 0.29) is 23.1 Å². The van der Waals surface area contributed by atoms with Gasteiger partial charge in [0, 0.05) is 24.4 Å². The summed E-state index contributed by atoms with van der Waals surface area (Å²) in [5, 5.41) is 8.65. The first kappa shape index (κ1) is 20.0. The number of rotatable bonds is 4. The number of benzene rings is 1. The van der Waals surface area contributed by atoms with Crippen molar-refractivity contribution in [1.82, 2.24) is 24.2 Å². The van der Waals surface area contributed by atoms with Gasteiger partial charge in [-0.25, -0.2) is 4.79 Å². The van der Waals surface area contributed by atoms with Crippen molar-refractivity contribution in [3.8, 4) is 5.69 Å².